The molecule has 110 valence electrons. The summed E-state index contributed by atoms with van der Waals surface area (Å²) >= 11 is 0. The minimum Gasteiger partial charge on any atom is -0.492 e. The first-order valence-corrected chi connectivity index (χ1v) is 6.52. The van der Waals surface area contributed by atoms with E-state index in [0.717, 1.165) is 0 Å². The Morgan fingerprint density at radius 2 is 2.10 bits per heavy atom. The van der Waals surface area contributed by atoms with E-state index in [0.29, 0.717) is 18.0 Å². The summed E-state index contributed by atoms with van der Waals surface area (Å²) < 4.78 is 19.5. The van der Waals surface area contributed by atoms with Gasteiger partial charge in [0, 0.05) is 13.2 Å². The van der Waals surface area contributed by atoms with Crippen molar-refractivity contribution in [2.24, 2.45) is 0 Å². The van der Waals surface area contributed by atoms with E-state index in [1.807, 2.05) is 6.92 Å². The largest absolute Gasteiger partial charge is 0.492 e. The molecule has 0 saturated heterocycles. The number of carbonyl (C=O) groups is 1. The molecule has 0 spiro atoms. The molecule has 2 aromatic rings. The third-order valence-corrected chi connectivity index (χ3v) is 2.81. The zero-order valence-electron chi connectivity index (χ0n) is 11.8. The number of halogens is 1. The predicted octanol–water partition coefficient (Wildman–Crippen LogP) is 2.91. The summed E-state index contributed by atoms with van der Waals surface area (Å²) in [5.41, 5.74) is 0.409. The van der Waals surface area contributed by atoms with Crippen molar-refractivity contribution >= 4 is 17.4 Å². The second kappa shape index (κ2) is 6.69. The van der Waals surface area contributed by atoms with Crippen molar-refractivity contribution in [2.45, 2.75) is 6.92 Å². The van der Waals surface area contributed by atoms with Crippen LogP contribution in [0.5, 0.6) is 5.75 Å². The summed E-state index contributed by atoms with van der Waals surface area (Å²) in [5.74, 6) is -0.678. The normalized spacial score (nSPS) is 10.0. The van der Waals surface area contributed by atoms with Gasteiger partial charge in [0.2, 0.25) is 0 Å². The molecule has 1 aromatic carbocycles. The van der Waals surface area contributed by atoms with Crippen LogP contribution in [-0.2, 0) is 0 Å². The van der Waals surface area contributed by atoms with Crippen LogP contribution in [0.15, 0.2) is 36.5 Å². The molecule has 21 heavy (non-hydrogen) atoms. The molecule has 0 fully saturated rings. The quantitative estimate of drug-likeness (QED) is 0.888. The van der Waals surface area contributed by atoms with Crippen LogP contribution in [0.1, 0.15) is 17.3 Å². The molecular formula is C15H16FN3O2. The van der Waals surface area contributed by atoms with E-state index in [1.165, 1.54) is 19.3 Å². The third-order valence-electron chi connectivity index (χ3n) is 2.81. The van der Waals surface area contributed by atoms with Gasteiger partial charge in [-0.15, -0.1) is 0 Å². The van der Waals surface area contributed by atoms with Gasteiger partial charge in [-0.2, -0.15) is 0 Å². The minimum absolute atomic E-state index is 0.0285. The Kier molecular flexibility index (Phi) is 4.71. The molecule has 0 unspecified atom stereocenters. The molecule has 6 heteroatoms. The Bertz CT molecular complexity index is 647. The molecule has 0 radical (unpaired) electrons. The lowest BCUT2D eigenvalue weighted by Gasteiger charge is -2.12. The zero-order chi connectivity index (χ0) is 15.2. The van der Waals surface area contributed by atoms with Crippen molar-refractivity contribution in [2.75, 3.05) is 24.3 Å². The minimum atomic E-state index is -0.689. The lowest BCUT2D eigenvalue weighted by molar-refractivity contribution is 0.102. The number of benzene rings is 1. The van der Waals surface area contributed by atoms with Gasteiger partial charge in [-0.1, -0.05) is 12.1 Å². The molecule has 0 aliphatic rings. The number of anilines is 2. The van der Waals surface area contributed by atoms with Crippen LogP contribution < -0.4 is 15.4 Å². The molecule has 5 nitrogen and oxygen atoms in total. The first-order valence-electron chi connectivity index (χ1n) is 6.52. The van der Waals surface area contributed by atoms with Crippen molar-refractivity contribution in [3.8, 4) is 5.75 Å². The molecule has 2 N–H and O–H groups in total. The fourth-order valence-corrected chi connectivity index (χ4v) is 1.83. The average Bonchev–Trinajstić information content (AvgIpc) is 2.49. The number of pyridine rings is 1. The van der Waals surface area contributed by atoms with E-state index in [-0.39, 0.29) is 11.4 Å². The van der Waals surface area contributed by atoms with E-state index in [4.69, 9.17) is 4.74 Å². The van der Waals surface area contributed by atoms with E-state index >= 15 is 0 Å². The van der Waals surface area contributed by atoms with Crippen LogP contribution in [0, 0.1) is 5.82 Å². The summed E-state index contributed by atoms with van der Waals surface area (Å²) in [4.78, 5) is 16.0. The smallest absolute Gasteiger partial charge is 0.258 e. The van der Waals surface area contributed by atoms with Gasteiger partial charge in [0.05, 0.1) is 17.9 Å². The summed E-state index contributed by atoms with van der Waals surface area (Å²) in [7, 11) is 1.54. The highest BCUT2D eigenvalue weighted by atomic mass is 19.1. The Morgan fingerprint density at radius 1 is 1.33 bits per heavy atom. The van der Waals surface area contributed by atoms with Gasteiger partial charge < -0.3 is 15.4 Å². The molecule has 0 saturated carbocycles. The Morgan fingerprint density at radius 3 is 2.81 bits per heavy atom. The van der Waals surface area contributed by atoms with Crippen molar-refractivity contribution < 1.29 is 13.9 Å². The Labute approximate surface area is 122 Å². The van der Waals surface area contributed by atoms with Crippen LogP contribution in [-0.4, -0.2) is 24.5 Å². The van der Waals surface area contributed by atoms with Gasteiger partial charge in [-0.05, 0) is 25.1 Å². The van der Waals surface area contributed by atoms with E-state index in [1.54, 1.807) is 24.3 Å². The summed E-state index contributed by atoms with van der Waals surface area (Å²) in [6, 6.07) is 8.32. The van der Waals surface area contributed by atoms with Gasteiger partial charge in [0.15, 0.2) is 11.6 Å². The molecule has 1 heterocycles. The maximum Gasteiger partial charge on any atom is 0.258 e. The van der Waals surface area contributed by atoms with Crippen LogP contribution in [0.4, 0.5) is 15.9 Å². The van der Waals surface area contributed by atoms with Crippen LogP contribution >= 0.6 is 0 Å². The summed E-state index contributed by atoms with van der Waals surface area (Å²) in [6.07, 6.45) is 1.37. The second-order valence-corrected chi connectivity index (χ2v) is 4.15. The highest BCUT2D eigenvalue weighted by molar-refractivity contribution is 6.05. The lowest BCUT2D eigenvalue weighted by Crippen LogP contribution is -2.16. The second-order valence-electron chi connectivity index (χ2n) is 4.15. The van der Waals surface area contributed by atoms with Gasteiger partial charge in [0.25, 0.3) is 5.91 Å². The maximum atomic E-state index is 14.1. The Hall–Kier alpha value is -2.63. The van der Waals surface area contributed by atoms with Gasteiger partial charge >= 0.3 is 0 Å². The van der Waals surface area contributed by atoms with E-state index in [9.17, 15) is 9.18 Å². The molecule has 0 atom stereocenters. The SMILES string of the molecule is CCOc1ccccc1NC(=O)c1ccnc(NC)c1F. The fourth-order valence-electron chi connectivity index (χ4n) is 1.83. The molecular weight excluding hydrogens is 273 g/mol. The van der Waals surface area contributed by atoms with Crippen molar-refractivity contribution in [3.63, 3.8) is 0 Å². The van der Waals surface area contributed by atoms with Crippen LogP contribution in [0.25, 0.3) is 0 Å². The van der Waals surface area contributed by atoms with Gasteiger partial charge in [0.1, 0.15) is 5.75 Å². The predicted molar refractivity (Wildman–Crippen MR) is 79.3 cm³/mol. The number of aromatic nitrogens is 1. The molecule has 0 aliphatic carbocycles. The first kappa shape index (κ1) is 14.8. The van der Waals surface area contributed by atoms with Crippen LogP contribution in [0.3, 0.4) is 0 Å². The number of ether oxygens (including phenoxy) is 1. The number of hydrogen-bond acceptors (Lipinski definition) is 4. The number of hydrogen-bond donors (Lipinski definition) is 2. The summed E-state index contributed by atoms with van der Waals surface area (Å²) in [6.45, 7) is 2.32. The van der Waals surface area contributed by atoms with Gasteiger partial charge in [-0.25, -0.2) is 9.37 Å². The molecule has 1 amide bonds. The van der Waals surface area contributed by atoms with E-state index < -0.39 is 11.7 Å². The Balaban J connectivity index is 2.26. The summed E-state index contributed by atoms with van der Waals surface area (Å²) in [5, 5.41) is 5.24. The monoisotopic (exact) mass is 289 g/mol. The third kappa shape index (κ3) is 3.28. The fraction of sp³-hybridized carbons (Fsp3) is 0.200. The van der Waals surface area contributed by atoms with Crippen molar-refractivity contribution in [1.82, 2.24) is 4.98 Å². The number of carbonyl (C=O) groups excluding carboxylic acids is 1. The maximum absolute atomic E-state index is 14.1. The van der Waals surface area contributed by atoms with E-state index in [2.05, 4.69) is 15.6 Å². The number of amides is 1. The number of nitrogens with zero attached hydrogens (tertiary/aromatic N) is 1. The van der Waals surface area contributed by atoms with Crippen molar-refractivity contribution in [1.29, 1.82) is 0 Å². The first-order chi connectivity index (χ1) is 10.2. The molecule has 2 rings (SSSR count). The van der Waals surface area contributed by atoms with Gasteiger partial charge in [-0.3, -0.25) is 4.79 Å². The highest BCUT2D eigenvalue weighted by Gasteiger charge is 2.16. The number of rotatable bonds is 5. The standard InChI is InChI=1S/C15H16FN3O2/c1-3-21-12-7-5-4-6-11(12)19-15(20)10-8-9-18-14(17-2)13(10)16/h4-9H,3H2,1-2H3,(H,17,18)(H,19,20). The van der Waals surface area contributed by atoms with Crippen LogP contribution in [0.2, 0.25) is 0 Å². The number of para-hydroxylation sites is 2. The molecule has 1 aromatic heterocycles. The lowest BCUT2D eigenvalue weighted by atomic mass is 10.2. The molecule has 0 bridgehead atoms. The average molecular weight is 289 g/mol. The molecule has 0 aliphatic heterocycles. The van der Waals surface area contributed by atoms with Crippen molar-refractivity contribution in [3.05, 3.63) is 47.9 Å². The zero-order valence-corrected chi connectivity index (χ0v) is 11.8. The number of nitrogens with one attached hydrogen (secondary N) is 2. The topological polar surface area (TPSA) is 63.2 Å². The highest BCUT2D eigenvalue weighted by Crippen LogP contribution is 2.25.